The molecule has 13 heavy (non-hydrogen) atoms. The SMILES string of the molecule is CCC1(COC2(CC)CCC2)CC1. The Hall–Kier alpha value is -0.0400. The first kappa shape index (κ1) is 9.51. The van der Waals surface area contributed by atoms with E-state index in [1.807, 2.05) is 0 Å². The highest BCUT2D eigenvalue weighted by Crippen LogP contribution is 2.50. The molecule has 2 aliphatic rings. The highest BCUT2D eigenvalue weighted by atomic mass is 16.5. The van der Waals surface area contributed by atoms with Gasteiger partial charge in [0.1, 0.15) is 0 Å². The predicted molar refractivity (Wildman–Crippen MR) is 54.8 cm³/mol. The molecule has 2 rings (SSSR count). The highest BCUT2D eigenvalue weighted by molar-refractivity contribution is 4.95. The van der Waals surface area contributed by atoms with Gasteiger partial charge in [-0.3, -0.25) is 0 Å². The van der Waals surface area contributed by atoms with Crippen LogP contribution in [-0.4, -0.2) is 12.2 Å². The van der Waals surface area contributed by atoms with Crippen molar-refractivity contribution in [2.45, 2.75) is 64.4 Å². The Morgan fingerprint density at radius 3 is 2.00 bits per heavy atom. The molecule has 1 nitrogen and oxygen atoms in total. The third kappa shape index (κ3) is 1.76. The van der Waals surface area contributed by atoms with E-state index in [2.05, 4.69) is 13.8 Å². The molecule has 0 heterocycles. The van der Waals surface area contributed by atoms with Crippen LogP contribution in [0.4, 0.5) is 0 Å². The van der Waals surface area contributed by atoms with E-state index < -0.39 is 0 Å². The molecule has 0 saturated heterocycles. The summed E-state index contributed by atoms with van der Waals surface area (Å²) < 4.78 is 6.13. The normalized spacial score (nSPS) is 28.2. The minimum atomic E-state index is 0.310. The third-order valence-corrected chi connectivity index (χ3v) is 4.30. The zero-order valence-electron chi connectivity index (χ0n) is 9.07. The van der Waals surface area contributed by atoms with Crippen molar-refractivity contribution in [1.82, 2.24) is 0 Å². The van der Waals surface area contributed by atoms with E-state index in [0.717, 1.165) is 6.61 Å². The zero-order valence-corrected chi connectivity index (χ0v) is 9.07. The van der Waals surface area contributed by atoms with Crippen LogP contribution in [0.25, 0.3) is 0 Å². The van der Waals surface area contributed by atoms with Gasteiger partial charge in [-0.1, -0.05) is 13.8 Å². The van der Waals surface area contributed by atoms with E-state index in [-0.39, 0.29) is 0 Å². The van der Waals surface area contributed by atoms with Crippen LogP contribution >= 0.6 is 0 Å². The Kier molecular flexibility index (Phi) is 2.39. The Labute approximate surface area is 81.9 Å². The summed E-state index contributed by atoms with van der Waals surface area (Å²) in [6, 6.07) is 0. The molecular weight excluding hydrogens is 160 g/mol. The summed E-state index contributed by atoms with van der Waals surface area (Å²) in [5.74, 6) is 0. The molecule has 2 fully saturated rings. The largest absolute Gasteiger partial charge is 0.374 e. The van der Waals surface area contributed by atoms with Crippen LogP contribution < -0.4 is 0 Å². The number of hydrogen-bond donors (Lipinski definition) is 0. The van der Waals surface area contributed by atoms with Crippen molar-refractivity contribution in [3.05, 3.63) is 0 Å². The molecule has 1 heteroatoms. The van der Waals surface area contributed by atoms with Gasteiger partial charge >= 0.3 is 0 Å². The smallest absolute Gasteiger partial charge is 0.0680 e. The molecule has 2 aliphatic carbocycles. The average Bonchev–Trinajstić information content (AvgIpc) is 2.85. The number of ether oxygens (including phenoxy) is 1. The summed E-state index contributed by atoms with van der Waals surface area (Å²) in [6.45, 7) is 5.61. The lowest BCUT2D eigenvalue weighted by Gasteiger charge is -2.42. The third-order valence-electron chi connectivity index (χ3n) is 4.30. The summed E-state index contributed by atoms with van der Waals surface area (Å²) in [4.78, 5) is 0. The molecule has 0 aromatic rings. The van der Waals surface area contributed by atoms with Gasteiger partial charge in [0.05, 0.1) is 12.2 Å². The van der Waals surface area contributed by atoms with Crippen LogP contribution in [0.5, 0.6) is 0 Å². The zero-order chi connectivity index (χ0) is 9.36. The monoisotopic (exact) mass is 182 g/mol. The van der Waals surface area contributed by atoms with Crippen molar-refractivity contribution in [2.24, 2.45) is 5.41 Å². The summed E-state index contributed by atoms with van der Waals surface area (Å²) in [5.41, 5.74) is 0.919. The van der Waals surface area contributed by atoms with Gasteiger partial charge in [0, 0.05) is 0 Å². The lowest BCUT2D eigenvalue weighted by molar-refractivity contribution is -0.117. The highest BCUT2D eigenvalue weighted by Gasteiger charge is 2.44. The van der Waals surface area contributed by atoms with Crippen LogP contribution in [0.3, 0.4) is 0 Å². The molecular formula is C12H22O. The van der Waals surface area contributed by atoms with E-state index in [0.29, 0.717) is 11.0 Å². The second kappa shape index (κ2) is 3.27. The second-order valence-corrected chi connectivity index (χ2v) is 5.03. The Balaban J connectivity index is 1.78. The minimum absolute atomic E-state index is 0.310. The molecule has 2 saturated carbocycles. The summed E-state index contributed by atoms with van der Waals surface area (Å²) in [7, 11) is 0. The quantitative estimate of drug-likeness (QED) is 0.632. The van der Waals surface area contributed by atoms with E-state index in [1.165, 1.54) is 44.9 Å². The van der Waals surface area contributed by atoms with Crippen LogP contribution in [0.15, 0.2) is 0 Å². The maximum absolute atomic E-state index is 6.13. The fraction of sp³-hybridized carbons (Fsp3) is 1.00. The maximum atomic E-state index is 6.13. The first-order valence-electron chi connectivity index (χ1n) is 5.88. The van der Waals surface area contributed by atoms with Crippen LogP contribution in [0, 0.1) is 5.41 Å². The molecule has 0 aromatic carbocycles. The molecule has 0 aliphatic heterocycles. The Morgan fingerprint density at radius 1 is 1.00 bits per heavy atom. The van der Waals surface area contributed by atoms with E-state index in [9.17, 15) is 0 Å². The molecule has 76 valence electrons. The van der Waals surface area contributed by atoms with Gasteiger partial charge in [-0.15, -0.1) is 0 Å². The van der Waals surface area contributed by atoms with E-state index >= 15 is 0 Å². The average molecular weight is 182 g/mol. The fourth-order valence-corrected chi connectivity index (χ4v) is 2.25. The van der Waals surface area contributed by atoms with Crippen molar-refractivity contribution in [3.63, 3.8) is 0 Å². The van der Waals surface area contributed by atoms with E-state index in [1.54, 1.807) is 0 Å². The van der Waals surface area contributed by atoms with Crippen LogP contribution in [-0.2, 0) is 4.74 Å². The Morgan fingerprint density at radius 2 is 1.69 bits per heavy atom. The molecule has 0 unspecified atom stereocenters. The van der Waals surface area contributed by atoms with Crippen LogP contribution in [0.2, 0.25) is 0 Å². The van der Waals surface area contributed by atoms with Gasteiger partial charge < -0.3 is 4.74 Å². The summed E-state index contributed by atoms with van der Waals surface area (Å²) in [5, 5.41) is 0. The summed E-state index contributed by atoms with van der Waals surface area (Å²) >= 11 is 0. The van der Waals surface area contributed by atoms with Crippen molar-refractivity contribution < 1.29 is 4.74 Å². The molecule has 0 bridgehead atoms. The lowest BCUT2D eigenvalue weighted by Crippen LogP contribution is -2.40. The lowest BCUT2D eigenvalue weighted by atomic mass is 9.78. The summed E-state index contributed by atoms with van der Waals surface area (Å²) in [6.07, 6.45) is 9.34. The standard InChI is InChI=1S/C12H22O/c1-3-11(8-9-11)10-13-12(4-2)6-5-7-12/h3-10H2,1-2H3. The molecule has 0 N–H and O–H groups in total. The van der Waals surface area contributed by atoms with Gasteiger partial charge in [-0.2, -0.15) is 0 Å². The van der Waals surface area contributed by atoms with Gasteiger partial charge in [-0.25, -0.2) is 0 Å². The Bertz CT molecular complexity index is 172. The molecule has 0 atom stereocenters. The molecule has 0 amide bonds. The molecule has 0 aromatic heterocycles. The van der Waals surface area contributed by atoms with Gasteiger partial charge in [0.15, 0.2) is 0 Å². The molecule has 0 spiro atoms. The predicted octanol–water partition coefficient (Wildman–Crippen LogP) is 3.53. The van der Waals surface area contributed by atoms with Gasteiger partial charge in [0.2, 0.25) is 0 Å². The first-order valence-corrected chi connectivity index (χ1v) is 5.88. The number of rotatable bonds is 5. The molecule has 0 radical (unpaired) electrons. The second-order valence-electron chi connectivity index (χ2n) is 5.03. The van der Waals surface area contributed by atoms with E-state index in [4.69, 9.17) is 4.74 Å². The van der Waals surface area contributed by atoms with Crippen molar-refractivity contribution >= 4 is 0 Å². The van der Waals surface area contributed by atoms with Crippen molar-refractivity contribution in [1.29, 1.82) is 0 Å². The number of hydrogen-bond acceptors (Lipinski definition) is 1. The fourth-order valence-electron chi connectivity index (χ4n) is 2.25. The maximum Gasteiger partial charge on any atom is 0.0680 e. The van der Waals surface area contributed by atoms with Crippen molar-refractivity contribution in [2.75, 3.05) is 6.61 Å². The first-order chi connectivity index (χ1) is 6.24. The van der Waals surface area contributed by atoms with Crippen LogP contribution in [0.1, 0.15) is 58.8 Å². The van der Waals surface area contributed by atoms with Gasteiger partial charge in [0.25, 0.3) is 0 Å². The topological polar surface area (TPSA) is 9.23 Å². The van der Waals surface area contributed by atoms with Gasteiger partial charge in [-0.05, 0) is 50.4 Å². The minimum Gasteiger partial charge on any atom is -0.374 e. The van der Waals surface area contributed by atoms with Crippen molar-refractivity contribution in [3.8, 4) is 0 Å².